The number of H-pyrrole nitrogens is 2. The van der Waals surface area contributed by atoms with Gasteiger partial charge >= 0.3 is 5.69 Å². The van der Waals surface area contributed by atoms with Gasteiger partial charge in [-0.1, -0.05) is 29.8 Å². The maximum absolute atomic E-state index is 12.1. The summed E-state index contributed by atoms with van der Waals surface area (Å²) in [5, 5.41) is 0.568. The molecule has 2 N–H and O–H groups in total. The van der Waals surface area contributed by atoms with E-state index in [1.807, 2.05) is 6.07 Å². The van der Waals surface area contributed by atoms with Crippen LogP contribution in [0.15, 0.2) is 38.6 Å². The maximum Gasteiger partial charge on any atom is 0.329 e. The fourth-order valence-corrected chi connectivity index (χ4v) is 2.29. The Morgan fingerprint density at radius 2 is 1.91 bits per heavy atom. The first kappa shape index (κ1) is 15.0. The Labute approximate surface area is 133 Å². The van der Waals surface area contributed by atoms with E-state index < -0.39 is 16.8 Å². The van der Waals surface area contributed by atoms with Crippen LogP contribution >= 0.6 is 11.6 Å². The van der Waals surface area contributed by atoms with Gasteiger partial charge in [-0.15, -0.1) is 0 Å². The first-order valence-corrected chi connectivity index (χ1v) is 7.00. The molecule has 0 unspecified atom stereocenters. The van der Waals surface area contributed by atoms with Crippen LogP contribution in [0.25, 0.3) is 23.3 Å². The largest absolute Gasteiger partial charge is 0.329 e. The lowest BCUT2D eigenvalue weighted by molar-refractivity contribution is 0.820. The lowest BCUT2D eigenvalue weighted by Crippen LogP contribution is -2.31. The fraction of sp³-hybridized carbons (Fsp3) is 0.0667. The van der Waals surface area contributed by atoms with Gasteiger partial charge in [0, 0.05) is 12.1 Å². The Morgan fingerprint density at radius 3 is 2.65 bits per heavy atom. The van der Waals surface area contributed by atoms with Crippen LogP contribution in [0.3, 0.4) is 0 Å². The molecule has 0 spiro atoms. The van der Waals surface area contributed by atoms with Crippen LogP contribution in [-0.4, -0.2) is 19.5 Å². The molecule has 0 bridgehead atoms. The molecular weight excluding hydrogens is 320 g/mol. The van der Waals surface area contributed by atoms with E-state index >= 15 is 0 Å². The van der Waals surface area contributed by atoms with Crippen LogP contribution in [0.1, 0.15) is 11.3 Å². The van der Waals surface area contributed by atoms with E-state index in [1.54, 1.807) is 24.3 Å². The molecule has 0 saturated heterocycles. The smallest absolute Gasteiger partial charge is 0.305 e. The minimum atomic E-state index is -0.656. The van der Waals surface area contributed by atoms with Gasteiger partial charge in [0.25, 0.3) is 11.1 Å². The number of hydrogen-bond donors (Lipinski definition) is 2. The minimum Gasteiger partial charge on any atom is -0.305 e. The van der Waals surface area contributed by atoms with E-state index in [2.05, 4.69) is 15.0 Å². The number of fused-ring (bicyclic) bond motifs is 1. The Morgan fingerprint density at radius 1 is 1.13 bits per heavy atom. The molecule has 8 heteroatoms. The molecule has 116 valence electrons. The van der Waals surface area contributed by atoms with Crippen LogP contribution in [0, 0.1) is 0 Å². The molecule has 23 heavy (non-hydrogen) atoms. The highest BCUT2D eigenvalue weighted by Crippen LogP contribution is 2.12. The first-order valence-electron chi connectivity index (χ1n) is 6.63. The number of aromatic amines is 2. The quantitative estimate of drug-likeness (QED) is 0.735. The summed E-state index contributed by atoms with van der Waals surface area (Å²) in [7, 11) is 1.43. The highest BCUT2D eigenvalue weighted by Gasteiger charge is 2.09. The average Bonchev–Trinajstić information content (AvgIpc) is 2.51. The van der Waals surface area contributed by atoms with Gasteiger partial charge in [0.05, 0.1) is 0 Å². The van der Waals surface area contributed by atoms with Gasteiger partial charge in [0.2, 0.25) is 0 Å². The van der Waals surface area contributed by atoms with Gasteiger partial charge in [0.15, 0.2) is 5.52 Å². The van der Waals surface area contributed by atoms with E-state index in [1.165, 1.54) is 13.1 Å². The lowest BCUT2D eigenvalue weighted by Gasteiger charge is -2.03. The monoisotopic (exact) mass is 330 g/mol. The molecular formula is C15H11ClN4O3. The van der Waals surface area contributed by atoms with Gasteiger partial charge in [-0.05, 0) is 23.8 Å². The summed E-state index contributed by atoms with van der Waals surface area (Å²) >= 11 is 5.89. The Kier molecular flexibility index (Phi) is 3.71. The van der Waals surface area contributed by atoms with Crippen molar-refractivity contribution in [1.82, 2.24) is 19.5 Å². The summed E-state index contributed by atoms with van der Waals surface area (Å²) < 4.78 is 1.12. The third-order valence-corrected chi connectivity index (χ3v) is 3.51. The molecule has 0 aliphatic heterocycles. The Balaban J connectivity index is 2.16. The van der Waals surface area contributed by atoms with Crippen molar-refractivity contribution in [1.29, 1.82) is 0 Å². The zero-order valence-electron chi connectivity index (χ0n) is 12.0. The van der Waals surface area contributed by atoms with Crippen LogP contribution in [0.5, 0.6) is 0 Å². The van der Waals surface area contributed by atoms with E-state index in [0.29, 0.717) is 5.02 Å². The van der Waals surface area contributed by atoms with Crippen molar-refractivity contribution in [2.45, 2.75) is 0 Å². The molecule has 0 aliphatic carbocycles. The molecule has 3 aromatic rings. The predicted molar refractivity (Wildman–Crippen MR) is 88.6 cm³/mol. The number of nitrogens with one attached hydrogen (secondary N) is 2. The van der Waals surface area contributed by atoms with Gasteiger partial charge in [0.1, 0.15) is 11.3 Å². The number of hydrogen-bond acceptors (Lipinski definition) is 4. The second kappa shape index (κ2) is 5.69. The van der Waals surface area contributed by atoms with Gasteiger partial charge < -0.3 is 4.98 Å². The van der Waals surface area contributed by atoms with Crippen molar-refractivity contribution in [3.8, 4) is 0 Å². The molecule has 0 atom stereocenters. The molecule has 0 aliphatic rings. The third kappa shape index (κ3) is 2.86. The maximum atomic E-state index is 12.1. The van der Waals surface area contributed by atoms with Crippen molar-refractivity contribution >= 4 is 34.9 Å². The van der Waals surface area contributed by atoms with E-state index in [4.69, 9.17) is 11.6 Å². The van der Waals surface area contributed by atoms with Crippen molar-refractivity contribution in [3.63, 3.8) is 0 Å². The highest BCUT2D eigenvalue weighted by molar-refractivity contribution is 6.30. The van der Waals surface area contributed by atoms with Crippen molar-refractivity contribution in [2.24, 2.45) is 7.05 Å². The number of aromatic nitrogens is 4. The SMILES string of the molecule is Cn1c(=O)[nH]c(=O)c2nc(/C=C/c3cccc(Cl)c3)c(=O)[nH]c21. The molecule has 2 heterocycles. The summed E-state index contributed by atoms with van der Waals surface area (Å²) in [4.78, 5) is 44.1. The lowest BCUT2D eigenvalue weighted by atomic mass is 10.2. The number of benzene rings is 1. The standard InChI is InChI=1S/C15H11ClN4O3/c1-20-12-11(14(22)19-15(20)23)17-10(13(21)18-12)6-5-8-3-2-4-9(16)7-8/h2-7H,1H3,(H,18,21)(H,19,22,23)/b6-5+. The van der Waals surface area contributed by atoms with E-state index in [0.717, 1.165) is 10.1 Å². The number of nitrogens with zero attached hydrogens (tertiary/aromatic N) is 2. The molecule has 0 fully saturated rings. The zero-order chi connectivity index (χ0) is 16.6. The molecule has 1 aromatic carbocycles. The number of aryl methyl sites for hydroxylation is 1. The topological polar surface area (TPSA) is 101 Å². The van der Waals surface area contributed by atoms with Crippen molar-refractivity contribution in [2.75, 3.05) is 0 Å². The Hall–Kier alpha value is -2.93. The molecule has 0 radical (unpaired) electrons. The average molecular weight is 331 g/mol. The summed E-state index contributed by atoms with van der Waals surface area (Å²) in [5.74, 6) is 0. The second-order valence-corrected chi connectivity index (χ2v) is 5.29. The highest BCUT2D eigenvalue weighted by atomic mass is 35.5. The third-order valence-electron chi connectivity index (χ3n) is 3.28. The second-order valence-electron chi connectivity index (χ2n) is 4.86. The van der Waals surface area contributed by atoms with Crippen LogP contribution in [0.4, 0.5) is 0 Å². The van der Waals surface area contributed by atoms with Crippen LogP contribution < -0.4 is 16.8 Å². The Bertz CT molecular complexity index is 1110. The van der Waals surface area contributed by atoms with Crippen LogP contribution in [0.2, 0.25) is 5.02 Å². The molecule has 0 amide bonds. The zero-order valence-corrected chi connectivity index (χ0v) is 12.7. The summed E-state index contributed by atoms with van der Waals surface area (Å²) in [5.41, 5.74) is -0.883. The minimum absolute atomic E-state index is 0.0163. The van der Waals surface area contributed by atoms with Crippen molar-refractivity contribution < 1.29 is 0 Å². The summed E-state index contributed by atoms with van der Waals surface area (Å²) in [6, 6.07) is 7.05. The van der Waals surface area contributed by atoms with Crippen molar-refractivity contribution in [3.05, 3.63) is 71.7 Å². The van der Waals surface area contributed by atoms with E-state index in [9.17, 15) is 14.4 Å². The predicted octanol–water partition coefficient (Wildman–Crippen LogP) is 1.13. The van der Waals surface area contributed by atoms with Gasteiger partial charge in [-0.3, -0.25) is 19.1 Å². The first-order chi connectivity index (χ1) is 11.0. The van der Waals surface area contributed by atoms with E-state index in [-0.39, 0.29) is 16.9 Å². The number of rotatable bonds is 2. The summed E-state index contributed by atoms with van der Waals surface area (Å²) in [6.45, 7) is 0. The summed E-state index contributed by atoms with van der Waals surface area (Å²) in [6.07, 6.45) is 3.14. The van der Waals surface area contributed by atoms with Gasteiger partial charge in [-0.25, -0.2) is 9.78 Å². The molecule has 3 rings (SSSR count). The molecule has 7 nitrogen and oxygen atoms in total. The van der Waals surface area contributed by atoms with Gasteiger partial charge in [-0.2, -0.15) is 0 Å². The normalized spacial score (nSPS) is 11.4. The molecule has 2 aromatic heterocycles. The molecule has 0 saturated carbocycles. The fourth-order valence-electron chi connectivity index (χ4n) is 2.10. The number of halogens is 1. The van der Waals surface area contributed by atoms with Crippen LogP contribution in [-0.2, 0) is 7.05 Å².